The third-order valence-corrected chi connectivity index (χ3v) is 4.70. The molecule has 6 heteroatoms. The van der Waals surface area contributed by atoms with Crippen LogP contribution in [0.25, 0.3) is 0 Å². The standard InChI is InChI=1S/C21H23NO5/c1-13-11-15-7-5-6-8-17(15)22(13)20(23)14(2)27-21(24)16-9-10-18(25-3)19(12-16)26-4/h5-10,12-14H,11H2,1-4H3/t13-,14-/m1/s1. The number of fused-ring (bicyclic) bond motifs is 1. The van der Waals surface area contributed by atoms with Crippen molar-refractivity contribution in [3.8, 4) is 11.5 Å². The molecule has 0 saturated carbocycles. The number of amides is 1. The van der Waals surface area contributed by atoms with E-state index in [1.807, 2.05) is 31.2 Å². The summed E-state index contributed by atoms with van der Waals surface area (Å²) in [6.45, 7) is 3.58. The van der Waals surface area contributed by atoms with Crippen LogP contribution in [0.1, 0.15) is 29.8 Å². The summed E-state index contributed by atoms with van der Waals surface area (Å²) >= 11 is 0. The Labute approximate surface area is 158 Å². The number of nitrogens with zero attached hydrogens (tertiary/aromatic N) is 1. The van der Waals surface area contributed by atoms with Crippen LogP contribution in [0.3, 0.4) is 0 Å². The van der Waals surface area contributed by atoms with Crippen LogP contribution in [0, 0.1) is 0 Å². The van der Waals surface area contributed by atoms with E-state index in [0.29, 0.717) is 17.1 Å². The van der Waals surface area contributed by atoms with E-state index < -0.39 is 12.1 Å². The quantitative estimate of drug-likeness (QED) is 0.757. The number of methoxy groups -OCH3 is 2. The molecule has 1 aliphatic heterocycles. The lowest BCUT2D eigenvalue weighted by atomic mass is 10.1. The molecule has 6 nitrogen and oxygen atoms in total. The van der Waals surface area contributed by atoms with Gasteiger partial charge in [-0.2, -0.15) is 0 Å². The molecule has 2 atom stereocenters. The Hall–Kier alpha value is -3.02. The summed E-state index contributed by atoms with van der Waals surface area (Å²) in [7, 11) is 3.01. The van der Waals surface area contributed by atoms with Gasteiger partial charge in [-0.25, -0.2) is 4.79 Å². The molecule has 3 rings (SSSR count). The molecule has 2 aromatic rings. The summed E-state index contributed by atoms with van der Waals surface area (Å²) in [5.74, 6) is 0.118. The van der Waals surface area contributed by atoms with Crippen LogP contribution in [-0.4, -0.2) is 38.2 Å². The molecule has 0 saturated heterocycles. The van der Waals surface area contributed by atoms with Crippen molar-refractivity contribution in [2.24, 2.45) is 0 Å². The van der Waals surface area contributed by atoms with Crippen LogP contribution < -0.4 is 14.4 Å². The number of hydrogen-bond donors (Lipinski definition) is 0. The van der Waals surface area contributed by atoms with Gasteiger partial charge in [0.1, 0.15) is 0 Å². The topological polar surface area (TPSA) is 65.1 Å². The Morgan fingerprint density at radius 3 is 2.48 bits per heavy atom. The van der Waals surface area contributed by atoms with Crippen molar-refractivity contribution in [2.75, 3.05) is 19.1 Å². The van der Waals surface area contributed by atoms with Gasteiger partial charge in [0, 0.05) is 11.7 Å². The summed E-state index contributed by atoms with van der Waals surface area (Å²) in [6, 6.07) is 12.6. The molecule has 2 aromatic carbocycles. The second-order valence-electron chi connectivity index (χ2n) is 6.51. The minimum absolute atomic E-state index is 0.0251. The summed E-state index contributed by atoms with van der Waals surface area (Å²) in [5.41, 5.74) is 2.29. The molecule has 0 radical (unpaired) electrons. The summed E-state index contributed by atoms with van der Waals surface area (Å²) in [6.07, 6.45) is -0.114. The molecule has 1 aliphatic rings. The van der Waals surface area contributed by atoms with E-state index in [0.717, 1.165) is 17.7 Å². The summed E-state index contributed by atoms with van der Waals surface area (Å²) in [5, 5.41) is 0. The molecule has 0 fully saturated rings. The second kappa shape index (κ2) is 7.70. The first-order chi connectivity index (χ1) is 13.0. The molecular weight excluding hydrogens is 346 g/mol. The Balaban J connectivity index is 1.74. The van der Waals surface area contributed by atoms with Crippen molar-refractivity contribution in [3.05, 3.63) is 53.6 Å². The number of carbonyl (C=O) groups is 2. The average Bonchev–Trinajstić information content (AvgIpc) is 3.02. The molecular formula is C21H23NO5. The van der Waals surface area contributed by atoms with Gasteiger partial charge in [0.25, 0.3) is 5.91 Å². The minimum atomic E-state index is -0.904. The lowest BCUT2D eigenvalue weighted by molar-refractivity contribution is -0.126. The maximum absolute atomic E-state index is 12.9. The van der Waals surface area contributed by atoms with Crippen molar-refractivity contribution in [3.63, 3.8) is 0 Å². The molecule has 1 heterocycles. The van der Waals surface area contributed by atoms with E-state index in [1.165, 1.54) is 20.3 Å². The molecule has 0 unspecified atom stereocenters. The van der Waals surface area contributed by atoms with Crippen LogP contribution in [0.5, 0.6) is 11.5 Å². The van der Waals surface area contributed by atoms with Crippen LogP contribution in [0.15, 0.2) is 42.5 Å². The van der Waals surface area contributed by atoms with Crippen LogP contribution in [0.2, 0.25) is 0 Å². The third kappa shape index (κ3) is 3.60. The SMILES string of the molecule is COc1ccc(C(=O)O[C@H](C)C(=O)N2c3ccccc3C[C@H]2C)cc1OC. The summed E-state index contributed by atoms with van der Waals surface area (Å²) in [4.78, 5) is 27.1. The van der Waals surface area contributed by atoms with Crippen LogP contribution in [-0.2, 0) is 16.0 Å². The first-order valence-corrected chi connectivity index (χ1v) is 8.80. The van der Waals surface area contributed by atoms with Crippen molar-refractivity contribution in [1.29, 1.82) is 0 Å². The molecule has 0 aliphatic carbocycles. The van der Waals surface area contributed by atoms with Crippen molar-refractivity contribution < 1.29 is 23.8 Å². The van der Waals surface area contributed by atoms with Gasteiger partial charge in [0.05, 0.1) is 19.8 Å². The van der Waals surface area contributed by atoms with E-state index in [9.17, 15) is 9.59 Å². The number of carbonyl (C=O) groups excluding carboxylic acids is 2. The van der Waals surface area contributed by atoms with Gasteiger partial charge in [-0.05, 0) is 50.1 Å². The predicted octanol–water partition coefficient (Wildman–Crippen LogP) is 3.23. The average molecular weight is 369 g/mol. The fourth-order valence-electron chi connectivity index (χ4n) is 3.34. The minimum Gasteiger partial charge on any atom is -0.493 e. The number of benzene rings is 2. The highest BCUT2D eigenvalue weighted by atomic mass is 16.5. The Morgan fingerprint density at radius 1 is 1.07 bits per heavy atom. The van der Waals surface area contributed by atoms with Crippen LogP contribution >= 0.6 is 0 Å². The number of anilines is 1. The Bertz CT molecular complexity index is 863. The first kappa shape index (κ1) is 18.8. The van der Waals surface area contributed by atoms with E-state index >= 15 is 0 Å². The molecule has 0 N–H and O–H groups in total. The lowest BCUT2D eigenvalue weighted by Crippen LogP contribution is -2.43. The fraction of sp³-hybridized carbons (Fsp3) is 0.333. The number of hydrogen-bond acceptors (Lipinski definition) is 5. The highest BCUT2D eigenvalue weighted by molar-refractivity contribution is 6.01. The van der Waals surface area contributed by atoms with E-state index in [-0.39, 0.29) is 11.9 Å². The fourth-order valence-corrected chi connectivity index (χ4v) is 3.34. The van der Waals surface area contributed by atoms with Gasteiger partial charge in [-0.15, -0.1) is 0 Å². The number of esters is 1. The number of para-hydroxylation sites is 1. The van der Waals surface area contributed by atoms with Gasteiger partial charge in [-0.3, -0.25) is 4.79 Å². The van der Waals surface area contributed by atoms with E-state index in [4.69, 9.17) is 14.2 Å². The van der Waals surface area contributed by atoms with Gasteiger partial charge < -0.3 is 19.1 Å². The number of rotatable bonds is 5. The predicted molar refractivity (Wildman–Crippen MR) is 102 cm³/mol. The van der Waals surface area contributed by atoms with Crippen molar-refractivity contribution in [2.45, 2.75) is 32.4 Å². The number of ether oxygens (including phenoxy) is 3. The van der Waals surface area contributed by atoms with Crippen LogP contribution in [0.4, 0.5) is 5.69 Å². The van der Waals surface area contributed by atoms with E-state index in [1.54, 1.807) is 24.0 Å². The summed E-state index contributed by atoms with van der Waals surface area (Å²) < 4.78 is 15.8. The molecule has 142 valence electrons. The monoisotopic (exact) mass is 369 g/mol. The zero-order valence-electron chi connectivity index (χ0n) is 15.9. The lowest BCUT2D eigenvalue weighted by Gasteiger charge is -2.26. The maximum Gasteiger partial charge on any atom is 0.339 e. The first-order valence-electron chi connectivity index (χ1n) is 8.80. The smallest absolute Gasteiger partial charge is 0.339 e. The highest BCUT2D eigenvalue weighted by Gasteiger charge is 2.34. The van der Waals surface area contributed by atoms with Crippen molar-refractivity contribution in [1.82, 2.24) is 0 Å². The Morgan fingerprint density at radius 2 is 1.78 bits per heavy atom. The third-order valence-electron chi connectivity index (χ3n) is 4.70. The molecule has 0 spiro atoms. The largest absolute Gasteiger partial charge is 0.493 e. The van der Waals surface area contributed by atoms with Gasteiger partial charge in [0.15, 0.2) is 17.6 Å². The molecule has 0 bridgehead atoms. The van der Waals surface area contributed by atoms with E-state index in [2.05, 4.69) is 0 Å². The molecule has 27 heavy (non-hydrogen) atoms. The van der Waals surface area contributed by atoms with Gasteiger partial charge >= 0.3 is 5.97 Å². The maximum atomic E-state index is 12.9. The highest BCUT2D eigenvalue weighted by Crippen LogP contribution is 2.33. The second-order valence-corrected chi connectivity index (χ2v) is 6.51. The normalized spacial score (nSPS) is 16.4. The zero-order chi connectivity index (χ0) is 19.6. The molecule has 0 aromatic heterocycles. The van der Waals surface area contributed by atoms with Gasteiger partial charge in [0.2, 0.25) is 0 Å². The Kier molecular flexibility index (Phi) is 5.35. The van der Waals surface area contributed by atoms with Gasteiger partial charge in [-0.1, -0.05) is 18.2 Å². The van der Waals surface area contributed by atoms with Crippen molar-refractivity contribution >= 4 is 17.6 Å². The molecule has 1 amide bonds. The zero-order valence-corrected chi connectivity index (χ0v) is 15.9.